The zero-order chi connectivity index (χ0) is 17.2. The lowest BCUT2D eigenvalue weighted by Gasteiger charge is -2.19. The maximum Gasteiger partial charge on any atom is 0.123 e. The van der Waals surface area contributed by atoms with Crippen LogP contribution in [0.5, 0.6) is 11.5 Å². The predicted molar refractivity (Wildman–Crippen MR) is 98.7 cm³/mol. The summed E-state index contributed by atoms with van der Waals surface area (Å²) in [6.07, 6.45) is 9.58. The smallest absolute Gasteiger partial charge is 0.123 e. The number of ether oxygens (including phenoxy) is 2. The highest BCUT2D eigenvalue weighted by Crippen LogP contribution is 2.51. The van der Waals surface area contributed by atoms with Gasteiger partial charge in [0.05, 0.1) is 7.11 Å². The molecule has 4 rings (SSSR count). The third kappa shape index (κ3) is 4.29. The summed E-state index contributed by atoms with van der Waals surface area (Å²) in [5.41, 5.74) is 2.54. The number of methoxy groups -OCH3 is 1. The quantitative estimate of drug-likeness (QED) is 0.716. The van der Waals surface area contributed by atoms with Gasteiger partial charge in [-0.25, -0.2) is 0 Å². The summed E-state index contributed by atoms with van der Waals surface area (Å²) in [6, 6.07) is 4.95. The van der Waals surface area contributed by atoms with Gasteiger partial charge in [0, 0.05) is 23.7 Å². The first-order chi connectivity index (χ1) is 12.2. The Bertz CT molecular complexity index is 589. The molecule has 1 atom stereocenters. The molecule has 0 saturated heterocycles. The van der Waals surface area contributed by atoms with Crippen LogP contribution < -0.4 is 14.8 Å². The van der Waals surface area contributed by atoms with Crippen molar-refractivity contribution in [2.24, 2.45) is 0 Å². The third-order valence-electron chi connectivity index (χ3n) is 5.83. The highest BCUT2D eigenvalue weighted by molar-refractivity contribution is 5.51. The van der Waals surface area contributed by atoms with Crippen LogP contribution in [0.25, 0.3) is 0 Å². The molecule has 138 valence electrons. The lowest BCUT2D eigenvalue weighted by atomic mass is 10.0. The molecule has 4 nitrogen and oxygen atoms in total. The summed E-state index contributed by atoms with van der Waals surface area (Å²) in [4.78, 5) is 0. The van der Waals surface area contributed by atoms with Crippen LogP contribution in [0, 0.1) is 0 Å². The Kier molecular flexibility index (Phi) is 5.18. The highest BCUT2D eigenvalue weighted by atomic mass is 16.5. The van der Waals surface area contributed by atoms with Gasteiger partial charge in [-0.15, -0.1) is 0 Å². The van der Waals surface area contributed by atoms with E-state index in [9.17, 15) is 5.11 Å². The summed E-state index contributed by atoms with van der Waals surface area (Å²) in [5, 5.41) is 13.8. The summed E-state index contributed by atoms with van der Waals surface area (Å²) in [6.45, 7) is 0.977. The zero-order valence-electron chi connectivity index (χ0n) is 15.3. The predicted octanol–water partition coefficient (Wildman–Crippen LogP) is 3.72. The molecule has 3 aliphatic carbocycles. The molecular formula is C21H31NO3. The van der Waals surface area contributed by atoms with E-state index < -0.39 is 6.10 Å². The van der Waals surface area contributed by atoms with E-state index in [1.165, 1.54) is 62.5 Å². The first-order valence-corrected chi connectivity index (χ1v) is 10.0. The number of aliphatic hydroxyl groups excluding tert-OH is 1. The average Bonchev–Trinajstić information content (AvgIpc) is 3.56. The Balaban J connectivity index is 1.39. The van der Waals surface area contributed by atoms with Gasteiger partial charge in [0.25, 0.3) is 0 Å². The van der Waals surface area contributed by atoms with Gasteiger partial charge in [-0.3, -0.25) is 0 Å². The molecule has 0 amide bonds. The van der Waals surface area contributed by atoms with Crippen LogP contribution in [0.4, 0.5) is 0 Å². The van der Waals surface area contributed by atoms with E-state index in [0.29, 0.717) is 31.0 Å². The molecule has 1 aromatic rings. The maximum atomic E-state index is 10.3. The largest absolute Gasteiger partial charge is 0.496 e. The van der Waals surface area contributed by atoms with E-state index in [1.807, 2.05) is 0 Å². The molecule has 0 bridgehead atoms. The molecule has 0 spiro atoms. The van der Waals surface area contributed by atoms with Crippen molar-refractivity contribution in [1.82, 2.24) is 5.32 Å². The summed E-state index contributed by atoms with van der Waals surface area (Å²) in [7, 11) is 1.76. The summed E-state index contributed by atoms with van der Waals surface area (Å²) >= 11 is 0. The number of hydrogen-bond acceptors (Lipinski definition) is 4. The molecule has 0 aromatic heterocycles. The summed E-state index contributed by atoms with van der Waals surface area (Å²) < 4.78 is 11.7. The van der Waals surface area contributed by atoms with E-state index in [-0.39, 0.29) is 0 Å². The van der Waals surface area contributed by atoms with Crippen molar-refractivity contribution in [3.63, 3.8) is 0 Å². The van der Waals surface area contributed by atoms with Crippen LogP contribution in [-0.2, 0) is 0 Å². The van der Waals surface area contributed by atoms with E-state index in [0.717, 1.165) is 11.5 Å². The number of hydrogen-bond donors (Lipinski definition) is 2. The molecule has 0 heterocycles. The Morgan fingerprint density at radius 2 is 1.60 bits per heavy atom. The second-order valence-electron chi connectivity index (χ2n) is 8.03. The standard InChI is InChI=1S/C21H31NO3/c1-24-20-10-19(15-8-9-15)21(11-18(20)14-6-7-14)25-13-17(23)12-22-16-4-2-3-5-16/h10-11,14-17,22-23H,2-9,12-13H2,1H3. The number of nitrogens with one attached hydrogen (secondary N) is 1. The highest BCUT2D eigenvalue weighted by Gasteiger charge is 2.32. The van der Waals surface area contributed by atoms with Gasteiger partial charge in [0.15, 0.2) is 0 Å². The summed E-state index contributed by atoms with van der Waals surface area (Å²) in [5.74, 6) is 3.20. The van der Waals surface area contributed by atoms with Crippen LogP contribution in [0.15, 0.2) is 12.1 Å². The zero-order valence-corrected chi connectivity index (χ0v) is 15.3. The van der Waals surface area contributed by atoms with Gasteiger partial charge in [-0.2, -0.15) is 0 Å². The Morgan fingerprint density at radius 1 is 1.00 bits per heavy atom. The van der Waals surface area contributed by atoms with E-state index in [4.69, 9.17) is 9.47 Å². The van der Waals surface area contributed by atoms with Crippen molar-refractivity contribution in [3.05, 3.63) is 23.3 Å². The number of rotatable bonds is 9. The molecule has 1 aromatic carbocycles. The minimum absolute atomic E-state index is 0.357. The van der Waals surface area contributed by atoms with E-state index in [2.05, 4.69) is 17.4 Å². The normalized spacial score (nSPS) is 22.2. The van der Waals surface area contributed by atoms with Crippen LogP contribution in [-0.4, -0.2) is 37.5 Å². The van der Waals surface area contributed by atoms with Crippen molar-refractivity contribution >= 4 is 0 Å². The topological polar surface area (TPSA) is 50.7 Å². The fraction of sp³-hybridized carbons (Fsp3) is 0.714. The fourth-order valence-electron chi connectivity index (χ4n) is 4.00. The van der Waals surface area contributed by atoms with Gasteiger partial charge in [0.1, 0.15) is 24.2 Å². The molecule has 0 radical (unpaired) electrons. The molecule has 0 aliphatic heterocycles. The molecule has 1 unspecified atom stereocenters. The van der Waals surface area contributed by atoms with Gasteiger partial charge >= 0.3 is 0 Å². The number of aliphatic hydroxyl groups is 1. The minimum Gasteiger partial charge on any atom is -0.496 e. The molecule has 3 aliphatic rings. The van der Waals surface area contributed by atoms with Crippen molar-refractivity contribution in [2.45, 2.75) is 75.3 Å². The van der Waals surface area contributed by atoms with E-state index >= 15 is 0 Å². The van der Waals surface area contributed by atoms with Crippen molar-refractivity contribution in [2.75, 3.05) is 20.3 Å². The lowest BCUT2D eigenvalue weighted by molar-refractivity contribution is 0.103. The second-order valence-corrected chi connectivity index (χ2v) is 8.03. The van der Waals surface area contributed by atoms with E-state index in [1.54, 1.807) is 7.11 Å². The van der Waals surface area contributed by atoms with Crippen LogP contribution >= 0.6 is 0 Å². The van der Waals surface area contributed by atoms with Crippen LogP contribution in [0.1, 0.15) is 74.3 Å². The Hall–Kier alpha value is -1.26. The van der Waals surface area contributed by atoms with Gasteiger partial charge in [-0.1, -0.05) is 12.8 Å². The second kappa shape index (κ2) is 7.55. The lowest BCUT2D eigenvalue weighted by Crippen LogP contribution is -2.36. The SMILES string of the molecule is COc1cc(C2CC2)c(OCC(O)CNC2CCCC2)cc1C1CC1. The molecule has 3 fully saturated rings. The monoisotopic (exact) mass is 345 g/mol. The Labute approximate surface area is 150 Å². The minimum atomic E-state index is -0.459. The Morgan fingerprint density at radius 3 is 2.20 bits per heavy atom. The molecule has 4 heteroatoms. The van der Waals surface area contributed by atoms with Crippen LogP contribution in [0.2, 0.25) is 0 Å². The first-order valence-electron chi connectivity index (χ1n) is 10.0. The first kappa shape index (κ1) is 17.2. The third-order valence-corrected chi connectivity index (χ3v) is 5.83. The molecule has 2 N–H and O–H groups in total. The number of benzene rings is 1. The maximum absolute atomic E-state index is 10.3. The molecule has 25 heavy (non-hydrogen) atoms. The van der Waals surface area contributed by atoms with Crippen LogP contribution in [0.3, 0.4) is 0 Å². The van der Waals surface area contributed by atoms with Gasteiger partial charge in [-0.05, 0) is 62.5 Å². The fourth-order valence-corrected chi connectivity index (χ4v) is 4.00. The van der Waals surface area contributed by atoms with Crippen molar-refractivity contribution < 1.29 is 14.6 Å². The van der Waals surface area contributed by atoms with Gasteiger partial charge < -0.3 is 19.9 Å². The molecule has 3 saturated carbocycles. The average molecular weight is 345 g/mol. The van der Waals surface area contributed by atoms with Gasteiger partial charge in [0.2, 0.25) is 0 Å². The molecular weight excluding hydrogens is 314 g/mol. The van der Waals surface area contributed by atoms with Crippen molar-refractivity contribution in [1.29, 1.82) is 0 Å². The van der Waals surface area contributed by atoms with Crippen molar-refractivity contribution in [3.8, 4) is 11.5 Å².